The first kappa shape index (κ1) is 15.2. The van der Waals surface area contributed by atoms with E-state index in [2.05, 4.69) is 47.8 Å². The predicted octanol–water partition coefficient (Wildman–Crippen LogP) is 5.44. The van der Waals surface area contributed by atoms with Gasteiger partial charge in [0.05, 0.1) is 12.0 Å². The molecule has 0 aliphatic rings. The fourth-order valence-electron chi connectivity index (χ4n) is 1.34. The quantitative estimate of drug-likeness (QED) is 0.554. The van der Waals surface area contributed by atoms with E-state index in [4.69, 9.17) is 4.74 Å². The molecule has 1 heterocycles. The first-order valence-corrected chi connectivity index (χ1v) is 8.23. The lowest BCUT2D eigenvalue weighted by molar-refractivity contribution is 0.0920. The van der Waals surface area contributed by atoms with Crippen LogP contribution in [0.5, 0.6) is 5.75 Å². The molecule has 2 rings (SSSR count). The van der Waals surface area contributed by atoms with Gasteiger partial charge in [0, 0.05) is 11.6 Å². The van der Waals surface area contributed by atoms with Crippen LogP contribution in [0.25, 0.3) is 0 Å². The van der Waals surface area contributed by atoms with Gasteiger partial charge in [-0.05, 0) is 66.0 Å². The summed E-state index contributed by atoms with van der Waals surface area (Å²) in [5.41, 5.74) is 0.546. The van der Waals surface area contributed by atoms with Gasteiger partial charge in [-0.3, -0.25) is 4.79 Å². The number of carbonyl (C=O) groups is 1. The number of thiophene rings is 1. The zero-order valence-corrected chi connectivity index (χ0v) is 14.8. The van der Waals surface area contributed by atoms with Crippen molar-refractivity contribution in [2.24, 2.45) is 0 Å². The Morgan fingerprint density at radius 3 is 2.63 bits per heavy atom. The maximum absolute atomic E-state index is 13.1. The summed E-state index contributed by atoms with van der Waals surface area (Å²) < 4.78 is 20.6. The summed E-state index contributed by atoms with van der Waals surface area (Å²) in [5, 5.41) is 0. The zero-order valence-electron chi connectivity index (χ0n) is 9.25. The third kappa shape index (κ3) is 3.87. The van der Waals surface area contributed by atoms with Crippen LogP contribution < -0.4 is 4.74 Å². The second-order valence-electron chi connectivity index (χ2n) is 3.52. The molecule has 0 spiro atoms. The maximum Gasteiger partial charge on any atom is 0.202 e. The monoisotopic (exact) mass is 470 g/mol. The third-order valence-electron chi connectivity index (χ3n) is 2.21. The summed E-state index contributed by atoms with van der Waals surface area (Å²) in [7, 11) is 0. The fraction of sp³-hybridized carbons (Fsp3) is 0.0833. The number of Topliss-reactive ketones (excluding diaryl/α,β-unsaturated/α-hetero) is 1. The average molecular weight is 473 g/mol. The van der Waals surface area contributed by atoms with Crippen LogP contribution in [0.15, 0.2) is 36.3 Å². The van der Waals surface area contributed by atoms with Crippen LogP contribution in [0.3, 0.4) is 0 Å². The Morgan fingerprint density at radius 2 is 2.00 bits per heavy atom. The van der Waals surface area contributed by atoms with Crippen molar-refractivity contribution in [3.63, 3.8) is 0 Å². The topological polar surface area (TPSA) is 26.3 Å². The van der Waals surface area contributed by atoms with E-state index in [-0.39, 0.29) is 12.4 Å². The molecule has 19 heavy (non-hydrogen) atoms. The molecule has 0 amide bonds. The van der Waals surface area contributed by atoms with Crippen LogP contribution in [0, 0.1) is 5.82 Å². The number of benzene rings is 1. The molecule has 1 aromatic carbocycles. The zero-order chi connectivity index (χ0) is 14.0. The molecule has 1 aromatic heterocycles. The van der Waals surface area contributed by atoms with Crippen molar-refractivity contribution in [3.05, 3.63) is 47.7 Å². The molecule has 0 aliphatic carbocycles. The van der Waals surface area contributed by atoms with E-state index < -0.39 is 5.82 Å². The highest BCUT2D eigenvalue weighted by Gasteiger charge is 2.15. The normalized spacial score (nSPS) is 10.5. The molecule has 0 saturated carbocycles. The number of ketones is 1. The predicted molar refractivity (Wildman–Crippen MR) is 83.6 cm³/mol. The smallest absolute Gasteiger partial charge is 0.202 e. The summed E-state index contributed by atoms with van der Waals surface area (Å²) in [4.78, 5) is 12.0. The standard InChI is InChI=1S/C12H6Br3FO2S/c13-8-2-1-6(16)3-10(8)18-5-9(17)7-4-11(14)19-12(7)15/h1-4H,5H2. The fourth-order valence-corrected chi connectivity index (χ4v) is 4.56. The number of hydrogen-bond acceptors (Lipinski definition) is 3. The molecule has 2 nitrogen and oxygen atoms in total. The second kappa shape index (κ2) is 6.47. The summed E-state index contributed by atoms with van der Waals surface area (Å²) in [6.07, 6.45) is 0. The van der Waals surface area contributed by atoms with Gasteiger partial charge in [0.25, 0.3) is 0 Å². The third-order valence-corrected chi connectivity index (χ3v) is 5.20. The first-order valence-electron chi connectivity index (χ1n) is 5.03. The van der Waals surface area contributed by atoms with E-state index >= 15 is 0 Å². The summed E-state index contributed by atoms with van der Waals surface area (Å²) in [6.45, 7) is -0.149. The molecule has 0 unspecified atom stereocenters. The van der Waals surface area contributed by atoms with Crippen LogP contribution in [-0.2, 0) is 0 Å². The summed E-state index contributed by atoms with van der Waals surface area (Å²) in [5.74, 6) is -0.283. The van der Waals surface area contributed by atoms with Crippen molar-refractivity contribution in [2.75, 3.05) is 6.61 Å². The molecule has 0 aliphatic heterocycles. The van der Waals surface area contributed by atoms with Crippen molar-refractivity contribution >= 4 is 64.9 Å². The lowest BCUT2D eigenvalue weighted by Gasteiger charge is -2.07. The molecule has 0 N–H and O–H groups in total. The molecule has 7 heteroatoms. The van der Waals surface area contributed by atoms with Crippen molar-refractivity contribution in [1.82, 2.24) is 0 Å². The summed E-state index contributed by atoms with van der Waals surface area (Å²) >= 11 is 11.3. The van der Waals surface area contributed by atoms with E-state index in [1.165, 1.54) is 29.5 Å². The highest BCUT2D eigenvalue weighted by atomic mass is 79.9. The van der Waals surface area contributed by atoms with Gasteiger partial charge in [0.2, 0.25) is 5.78 Å². The number of carbonyl (C=O) groups excluding carboxylic acids is 1. The molecule has 2 aromatic rings. The minimum absolute atomic E-state index is 0.149. The molecule has 0 saturated heterocycles. The molecule has 0 fully saturated rings. The number of halogens is 4. The molecular formula is C12H6Br3FO2S. The van der Waals surface area contributed by atoms with Crippen LogP contribution in [0.4, 0.5) is 4.39 Å². The van der Waals surface area contributed by atoms with Crippen LogP contribution >= 0.6 is 59.1 Å². The molecule has 0 radical (unpaired) electrons. The van der Waals surface area contributed by atoms with Gasteiger partial charge in [-0.15, -0.1) is 11.3 Å². The number of rotatable bonds is 4. The van der Waals surface area contributed by atoms with E-state index in [0.717, 1.165) is 7.57 Å². The minimum Gasteiger partial charge on any atom is -0.484 e. The minimum atomic E-state index is -0.412. The van der Waals surface area contributed by atoms with E-state index in [1.807, 2.05) is 0 Å². The van der Waals surface area contributed by atoms with Crippen LogP contribution in [0.2, 0.25) is 0 Å². The second-order valence-corrected chi connectivity index (χ2v) is 8.13. The van der Waals surface area contributed by atoms with E-state index in [9.17, 15) is 9.18 Å². The largest absolute Gasteiger partial charge is 0.484 e. The van der Waals surface area contributed by atoms with Crippen molar-refractivity contribution in [1.29, 1.82) is 0 Å². The van der Waals surface area contributed by atoms with Crippen molar-refractivity contribution in [3.8, 4) is 5.75 Å². The van der Waals surface area contributed by atoms with Gasteiger partial charge in [-0.1, -0.05) is 0 Å². The number of hydrogen-bond donors (Lipinski definition) is 0. The van der Waals surface area contributed by atoms with E-state index in [1.54, 1.807) is 6.07 Å². The van der Waals surface area contributed by atoms with Gasteiger partial charge in [-0.2, -0.15) is 0 Å². The molecular weight excluding hydrogens is 467 g/mol. The average Bonchev–Trinajstić information content (AvgIpc) is 2.69. The summed E-state index contributed by atoms with van der Waals surface area (Å²) in [6, 6.07) is 5.80. The van der Waals surface area contributed by atoms with Gasteiger partial charge in [0.1, 0.15) is 11.6 Å². The molecule has 100 valence electrons. The van der Waals surface area contributed by atoms with Gasteiger partial charge >= 0.3 is 0 Å². The lowest BCUT2D eigenvalue weighted by atomic mass is 10.2. The van der Waals surface area contributed by atoms with Gasteiger partial charge in [0.15, 0.2) is 6.61 Å². The Kier molecular flexibility index (Phi) is 5.16. The van der Waals surface area contributed by atoms with Crippen molar-refractivity contribution in [2.45, 2.75) is 0 Å². The highest BCUT2D eigenvalue weighted by molar-refractivity contribution is 9.12. The van der Waals surface area contributed by atoms with E-state index in [0.29, 0.717) is 15.8 Å². The van der Waals surface area contributed by atoms with Gasteiger partial charge in [-0.25, -0.2) is 4.39 Å². The molecule has 0 atom stereocenters. The van der Waals surface area contributed by atoms with Crippen LogP contribution in [0.1, 0.15) is 10.4 Å². The Labute approximate surface area is 138 Å². The number of ether oxygens (including phenoxy) is 1. The Bertz CT molecular complexity index is 627. The lowest BCUT2D eigenvalue weighted by Crippen LogP contribution is -2.11. The SMILES string of the molecule is O=C(COc1cc(F)ccc1Br)c1cc(Br)sc1Br. The molecule has 0 bridgehead atoms. The maximum atomic E-state index is 13.1. The van der Waals surface area contributed by atoms with Crippen LogP contribution in [-0.4, -0.2) is 12.4 Å². The Balaban J connectivity index is 2.08. The highest BCUT2D eigenvalue weighted by Crippen LogP contribution is 2.32. The Morgan fingerprint density at radius 1 is 1.26 bits per heavy atom. The van der Waals surface area contributed by atoms with Gasteiger partial charge < -0.3 is 4.74 Å². The first-order chi connectivity index (χ1) is 8.97. The Hall–Kier alpha value is -0.240. The van der Waals surface area contributed by atoms with Crippen molar-refractivity contribution < 1.29 is 13.9 Å².